The third-order valence-corrected chi connectivity index (χ3v) is 6.01. The molecule has 1 unspecified atom stereocenters. The highest BCUT2D eigenvalue weighted by Crippen LogP contribution is 2.37. The first-order valence-corrected chi connectivity index (χ1v) is 11.7. The van der Waals surface area contributed by atoms with Gasteiger partial charge in [-0.25, -0.2) is 10.4 Å². The van der Waals surface area contributed by atoms with E-state index >= 15 is 0 Å². The molecule has 0 spiro atoms. The molecule has 1 aliphatic heterocycles. The number of amides is 2. The number of imide groups is 1. The van der Waals surface area contributed by atoms with E-state index in [0.29, 0.717) is 42.3 Å². The molecule has 1 aliphatic rings. The number of aryl methyl sites for hydroxylation is 2. The quantitative estimate of drug-likeness (QED) is 0.479. The number of hydrogen-bond acceptors (Lipinski definition) is 5. The minimum atomic E-state index is -0.393. The van der Waals surface area contributed by atoms with Crippen LogP contribution in [0.4, 0.5) is 0 Å². The van der Waals surface area contributed by atoms with Gasteiger partial charge in [-0.3, -0.25) is 9.59 Å². The zero-order valence-electron chi connectivity index (χ0n) is 20.9. The van der Waals surface area contributed by atoms with Gasteiger partial charge in [0.2, 0.25) is 0 Å². The molecule has 0 bridgehead atoms. The van der Waals surface area contributed by atoms with E-state index in [1.165, 1.54) is 5.01 Å². The van der Waals surface area contributed by atoms with E-state index in [0.717, 1.165) is 23.1 Å². The molecule has 1 heterocycles. The molecular formula is C27H36N2O4. The Balaban J connectivity index is 2.09. The van der Waals surface area contributed by atoms with E-state index in [-0.39, 0.29) is 17.4 Å². The first-order valence-electron chi connectivity index (χ1n) is 11.7. The lowest BCUT2D eigenvalue weighted by Crippen LogP contribution is -2.55. The second-order valence-electron chi connectivity index (χ2n) is 9.75. The molecule has 2 aromatic carbocycles. The fourth-order valence-electron chi connectivity index (χ4n) is 4.34. The average molecular weight is 453 g/mol. The topological polar surface area (TPSA) is 67.9 Å². The summed E-state index contributed by atoms with van der Waals surface area (Å²) in [5.74, 6) is 0.467. The van der Waals surface area contributed by atoms with Crippen molar-refractivity contribution in [2.45, 2.75) is 67.3 Å². The average Bonchev–Trinajstić information content (AvgIpc) is 2.76. The molecule has 2 aromatic rings. The van der Waals surface area contributed by atoms with Gasteiger partial charge in [-0.15, -0.1) is 0 Å². The van der Waals surface area contributed by atoms with Gasteiger partial charge in [-0.1, -0.05) is 51.8 Å². The van der Waals surface area contributed by atoms with Crippen molar-refractivity contribution >= 4 is 11.8 Å². The van der Waals surface area contributed by atoms with Gasteiger partial charge >= 0.3 is 0 Å². The Morgan fingerprint density at radius 3 is 2.21 bits per heavy atom. The highest BCUT2D eigenvalue weighted by atomic mass is 16.6. The number of nitrogens with one attached hydrogen (secondary N) is 1. The maximum absolute atomic E-state index is 13.9. The molecule has 33 heavy (non-hydrogen) atoms. The Morgan fingerprint density at radius 2 is 1.64 bits per heavy atom. The Kier molecular flexibility index (Phi) is 7.48. The molecule has 0 saturated carbocycles. The van der Waals surface area contributed by atoms with Crippen LogP contribution in [0.25, 0.3) is 0 Å². The summed E-state index contributed by atoms with van der Waals surface area (Å²) >= 11 is 0. The van der Waals surface area contributed by atoms with Crippen molar-refractivity contribution < 1.29 is 19.1 Å². The monoisotopic (exact) mass is 452 g/mol. The van der Waals surface area contributed by atoms with E-state index in [1.54, 1.807) is 12.1 Å². The lowest BCUT2D eigenvalue weighted by atomic mass is 9.85. The first kappa shape index (κ1) is 24.8. The van der Waals surface area contributed by atoms with Gasteiger partial charge in [0.15, 0.2) is 11.5 Å². The largest absolute Gasteiger partial charge is 0.486 e. The second kappa shape index (κ2) is 9.96. The van der Waals surface area contributed by atoms with Crippen molar-refractivity contribution in [1.82, 2.24) is 10.4 Å². The van der Waals surface area contributed by atoms with Crippen LogP contribution in [0.1, 0.15) is 78.4 Å². The molecule has 0 radical (unpaired) electrons. The number of fused-ring (bicyclic) bond motifs is 1. The third kappa shape index (κ3) is 5.38. The van der Waals surface area contributed by atoms with Crippen molar-refractivity contribution in [2.75, 3.05) is 13.2 Å². The highest BCUT2D eigenvalue weighted by molar-refractivity contribution is 6.11. The smallest absolute Gasteiger partial charge is 0.275 e. The molecule has 3 rings (SSSR count). The Labute approximate surface area is 197 Å². The lowest BCUT2D eigenvalue weighted by molar-refractivity contribution is 0.0429. The fraction of sp³-hybridized carbons (Fsp3) is 0.481. The van der Waals surface area contributed by atoms with Gasteiger partial charge in [-0.05, 0) is 56.4 Å². The van der Waals surface area contributed by atoms with Crippen LogP contribution in [-0.4, -0.2) is 36.1 Å². The van der Waals surface area contributed by atoms with Crippen LogP contribution in [0.2, 0.25) is 0 Å². The van der Waals surface area contributed by atoms with Crippen LogP contribution in [0, 0.1) is 19.3 Å². The summed E-state index contributed by atoms with van der Waals surface area (Å²) < 4.78 is 11.5. The Hall–Kier alpha value is -2.86. The zero-order chi connectivity index (χ0) is 24.3. The molecule has 0 fully saturated rings. The predicted octanol–water partition coefficient (Wildman–Crippen LogP) is 5.25. The Bertz CT molecular complexity index is 1020. The molecule has 0 saturated heterocycles. The summed E-state index contributed by atoms with van der Waals surface area (Å²) in [5, 5.41) is 1.19. The Morgan fingerprint density at radius 1 is 1.00 bits per heavy atom. The van der Waals surface area contributed by atoms with Crippen LogP contribution in [0.3, 0.4) is 0 Å². The molecular weight excluding hydrogens is 416 g/mol. The van der Waals surface area contributed by atoms with Crippen molar-refractivity contribution in [2.24, 2.45) is 5.41 Å². The van der Waals surface area contributed by atoms with Crippen LogP contribution >= 0.6 is 0 Å². The summed E-state index contributed by atoms with van der Waals surface area (Å²) in [6, 6.07) is 9.05. The number of carbonyl (C=O) groups excluding carboxylic acids is 2. The minimum absolute atomic E-state index is 0.0846. The molecule has 1 atom stereocenters. The SMILES string of the molecule is CCc1c(C(=O)N(NC(CC)C(C)(C)C)C(=O)c2cc(C)cc(C)c2)ccc2c1OCCO2. The number of nitrogens with zero attached hydrogens (tertiary/aromatic N) is 1. The van der Waals surface area contributed by atoms with E-state index < -0.39 is 5.91 Å². The summed E-state index contributed by atoms with van der Waals surface area (Å²) in [6.45, 7) is 15.1. The van der Waals surface area contributed by atoms with Gasteiger partial charge in [0.25, 0.3) is 11.8 Å². The number of hydrogen-bond donors (Lipinski definition) is 1. The molecule has 2 amide bonds. The van der Waals surface area contributed by atoms with Gasteiger partial charge in [0.05, 0.1) is 0 Å². The molecule has 6 heteroatoms. The summed E-state index contributed by atoms with van der Waals surface area (Å²) in [7, 11) is 0. The number of ether oxygens (including phenoxy) is 2. The standard InChI is InChI=1S/C27H36N2O4/c1-8-20-21(10-11-22-24(20)33-13-12-32-22)26(31)29(28-23(9-2)27(5,6)7)25(30)19-15-17(3)14-18(4)16-19/h10-11,14-16,23,28H,8-9,12-13H2,1-7H3. The van der Waals surface area contributed by atoms with Crippen molar-refractivity contribution in [3.63, 3.8) is 0 Å². The van der Waals surface area contributed by atoms with Crippen LogP contribution < -0.4 is 14.9 Å². The van der Waals surface area contributed by atoms with Gasteiger partial charge in [0, 0.05) is 22.7 Å². The molecule has 6 nitrogen and oxygen atoms in total. The first-order chi connectivity index (χ1) is 15.6. The van der Waals surface area contributed by atoms with Gasteiger partial charge in [0.1, 0.15) is 13.2 Å². The summed E-state index contributed by atoms with van der Waals surface area (Å²) in [5.41, 5.74) is 6.74. The predicted molar refractivity (Wildman–Crippen MR) is 130 cm³/mol. The van der Waals surface area contributed by atoms with Crippen LogP contribution in [-0.2, 0) is 6.42 Å². The normalized spacial score (nSPS) is 14.0. The number of carbonyl (C=O) groups is 2. The lowest BCUT2D eigenvalue weighted by Gasteiger charge is -2.35. The number of benzene rings is 2. The van der Waals surface area contributed by atoms with Crippen LogP contribution in [0.15, 0.2) is 30.3 Å². The van der Waals surface area contributed by atoms with Gasteiger partial charge in [-0.2, -0.15) is 0 Å². The summed E-state index contributed by atoms with van der Waals surface area (Å²) in [6.07, 6.45) is 1.34. The minimum Gasteiger partial charge on any atom is -0.486 e. The molecule has 0 aliphatic carbocycles. The number of hydrazine groups is 1. The van der Waals surface area contributed by atoms with Crippen molar-refractivity contribution in [1.29, 1.82) is 0 Å². The van der Waals surface area contributed by atoms with E-state index in [1.807, 2.05) is 39.0 Å². The zero-order valence-corrected chi connectivity index (χ0v) is 20.9. The maximum atomic E-state index is 13.9. The molecule has 0 aromatic heterocycles. The van der Waals surface area contributed by atoms with Gasteiger partial charge < -0.3 is 9.47 Å². The fourth-order valence-corrected chi connectivity index (χ4v) is 4.34. The summed E-state index contributed by atoms with van der Waals surface area (Å²) in [4.78, 5) is 27.6. The molecule has 178 valence electrons. The third-order valence-electron chi connectivity index (χ3n) is 6.01. The van der Waals surface area contributed by atoms with E-state index in [2.05, 4.69) is 33.1 Å². The highest BCUT2D eigenvalue weighted by Gasteiger charge is 2.33. The maximum Gasteiger partial charge on any atom is 0.275 e. The van der Waals surface area contributed by atoms with E-state index in [9.17, 15) is 9.59 Å². The second-order valence-corrected chi connectivity index (χ2v) is 9.75. The van der Waals surface area contributed by atoms with Crippen LogP contribution in [0.5, 0.6) is 11.5 Å². The van der Waals surface area contributed by atoms with Crippen molar-refractivity contribution in [3.05, 3.63) is 58.1 Å². The van der Waals surface area contributed by atoms with Crippen molar-refractivity contribution in [3.8, 4) is 11.5 Å². The number of rotatable bonds is 6. The molecule has 1 N–H and O–H groups in total. The van der Waals surface area contributed by atoms with E-state index in [4.69, 9.17) is 9.47 Å².